The Balaban J connectivity index is 1.43. The molecule has 1 aliphatic rings. The molecule has 0 aliphatic carbocycles. The minimum absolute atomic E-state index is 0.145. The predicted molar refractivity (Wildman–Crippen MR) is 119 cm³/mol. The number of hydrogen-bond acceptors (Lipinski definition) is 5. The standard InChI is InChI=1S/C25H29NO5/c1-17-10-18(2)12-21(11-17)31-24-16-30-23-13-20(6-7-22(23)25(24)28)29-15-19(27)14-26-8-4-3-5-9-26/h6-7,10-13,16,19,27H,3-5,8-9,14-15H2,1-2H3/p+1. The number of piperidine rings is 1. The molecule has 0 bridgehead atoms. The largest absolute Gasteiger partial charge is 0.491 e. The lowest BCUT2D eigenvalue weighted by Gasteiger charge is -2.25. The molecular weight excluding hydrogens is 394 g/mol. The number of hydrogen-bond donors (Lipinski definition) is 2. The molecule has 1 saturated heterocycles. The van der Waals surface area contributed by atoms with E-state index in [-0.39, 0.29) is 17.8 Å². The highest BCUT2D eigenvalue weighted by atomic mass is 16.5. The number of ether oxygens (including phenoxy) is 2. The molecule has 1 fully saturated rings. The highest BCUT2D eigenvalue weighted by Crippen LogP contribution is 2.25. The van der Waals surface area contributed by atoms with Crippen molar-refractivity contribution < 1.29 is 23.9 Å². The first-order chi connectivity index (χ1) is 15.0. The van der Waals surface area contributed by atoms with Crippen molar-refractivity contribution in [2.45, 2.75) is 39.2 Å². The van der Waals surface area contributed by atoms with Gasteiger partial charge in [-0.05, 0) is 68.5 Å². The van der Waals surface area contributed by atoms with Crippen molar-refractivity contribution in [2.75, 3.05) is 26.2 Å². The van der Waals surface area contributed by atoms with Gasteiger partial charge in [0.05, 0.1) is 18.5 Å². The smallest absolute Gasteiger partial charge is 0.235 e. The Morgan fingerprint density at radius 3 is 2.52 bits per heavy atom. The lowest BCUT2D eigenvalue weighted by atomic mass is 10.1. The SMILES string of the molecule is Cc1cc(C)cc(Oc2coc3cc(OCC(O)C[NH+]4CCCCC4)ccc3c2=O)c1. The van der Waals surface area contributed by atoms with Crippen molar-refractivity contribution in [3.8, 4) is 17.2 Å². The second-order valence-corrected chi connectivity index (χ2v) is 8.49. The first-order valence-electron chi connectivity index (χ1n) is 10.9. The third kappa shape index (κ3) is 5.46. The fraction of sp³-hybridized carbons (Fsp3) is 0.400. The Labute approximate surface area is 182 Å². The Morgan fingerprint density at radius 2 is 1.77 bits per heavy atom. The summed E-state index contributed by atoms with van der Waals surface area (Å²) in [7, 11) is 0. The number of rotatable bonds is 7. The summed E-state index contributed by atoms with van der Waals surface area (Å²) >= 11 is 0. The highest BCUT2D eigenvalue weighted by molar-refractivity contribution is 5.79. The van der Waals surface area contributed by atoms with E-state index in [1.54, 1.807) is 18.2 Å². The van der Waals surface area contributed by atoms with Crippen LogP contribution in [0.2, 0.25) is 0 Å². The van der Waals surface area contributed by atoms with Crippen LogP contribution in [0.1, 0.15) is 30.4 Å². The van der Waals surface area contributed by atoms with Crippen molar-refractivity contribution in [2.24, 2.45) is 0 Å². The third-order valence-electron chi connectivity index (χ3n) is 5.66. The number of benzene rings is 2. The van der Waals surface area contributed by atoms with E-state index in [4.69, 9.17) is 13.9 Å². The van der Waals surface area contributed by atoms with Crippen LogP contribution in [-0.2, 0) is 0 Å². The molecule has 164 valence electrons. The van der Waals surface area contributed by atoms with Crippen molar-refractivity contribution in [3.05, 3.63) is 64.0 Å². The fourth-order valence-corrected chi connectivity index (χ4v) is 4.21. The van der Waals surface area contributed by atoms with Gasteiger partial charge in [0.15, 0.2) is 0 Å². The van der Waals surface area contributed by atoms with Crippen LogP contribution < -0.4 is 19.8 Å². The summed E-state index contributed by atoms with van der Waals surface area (Å²) in [5.74, 6) is 1.31. The molecule has 0 amide bonds. The van der Waals surface area contributed by atoms with Gasteiger partial charge in [-0.2, -0.15) is 0 Å². The van der Waals surface area contributed by atoms with Gasteiger partial charge in [0.25, 0.3) is 0 Å². The molecule has 1 atom stereocenters. The summed E-state index contributed by atoms with van der Waals surface area (Å²) in [5.41, 5.74) is 2.31. The maximum Gasteiger partial charge on any atom is 0.235 e. The average Bonchev–Trinajstić information content (AvgIpc) is 2.74. The highest BCUT2D eigenvalue weighted by Gasteiger charge is 2.18. The quantitative estimate of drug-likeness (QED) is 0.610. The Kier molecular flexibility index (Phi) is 6.59. The second kappa shape index (κ2) is 9.54. The molecule has 4 rings (SSSR count). The topological polar surface area (TPSA) is 73.3 Å². The fourth-order valence-electron chi connectivity index (χ4n) is 4.21. The molecular formula is C25H30NO5+. The number of fused-ring (bicyclic) bond motifs is 1. The lowest BCUT2D eigenvalue weighted by molar-refractivity contribution is -0.908. The first-order valence-corrected chi connectivity index (χ1v) is 10.9. The maximum absolute atomic E-state index is 12.8. The number of aliphatic hydroxyl groups is 1. The van der Waals surface area contributed by atoms with Crippen LogP contribution in [0.25, 0.3) is 11.0 Å². The molecule has 0 spiro atoms. The van der Waals surface area contributed by atoms with E-state index >= 15 is 0 Å². The molecule has 1 aromatic heterocycles. The van der Waals surface area contributed by atoms with Gasteiger partial charge in [-0.15, -0.1) is 0 Å². The summed E-state index contributed by atoms with van der Waals surface area (Å²) < 4.78 is 17.2. The van der Waals surface area contributed by atoms with Gasteiger partial charge < -0.3 is 23.9 Å². The minimum Gasteiger partial charge on any atom is -0.491 e. The van der Waals surface area contributed by atoms with E-state index in [1.807, 2.05) is 32.0 Å². The van der Waals surface area contributed by atoms with Crippen LogP contribution in [0.3, 0.4) is 0 Å². The van der Waals surface area contributed by atoms with E-state index < -0.39 is 6.10 Å². The Bertz CT molecular complexity index is 1080. The number of likely N-dealkylation sites (tertiary alicyclic amines) is 1. The summed E-state index contributed by atoms with van der Waals surface area (Å²) in [6, 6.07) is 10.9. The van der Waals surface area contributed by atoms with Crippen LogP contribution in [-0.4, -0.2) is 37.5 Å². The molecule has 6 heteroatoms. The van der Waals surface area contributed by atoms with Gasteiger partial charge in [0.2, 0.25) is 11.2 Å². The monoisotopic (exact) mass is 424 g/mol. The van der Waals surface area contributed by atoms with Gasteiger partial charge in [-0.3, -0.25) is 4.79 Å². The van der Waals surface area contributed by atoms with Gasteiger partial charge in [-0.25, -0.2) is 0 Å². The lowest BCUT2D eigenvalue weighted by Crippen LogP contribution is -3.14. The van der Waals surface area contributed by atoms with E-state index in [1.165, 1.54) is 30.4 Å². The van der Waals surface area contributed by atoms with E-state index in [2.05, 4.69) is 0 Å². The van der Waals surface area contributed by atoms with Crippen molar-refractivity contribution in [3.63, 3.8) is 0 Å². The van der Waals surface area contributed by atoms with E-state index in [9.17, 15) is 9.90 Å². The molecule has 6 nitrogen and oxygen atoms in total. The molecule has 2 heterocycles. The molecule has 2 aromatic carbocycles. The summed E-state index contributed by atoms with van der Waals surface area (Å²) in [4.78, 5) is 14.3. The molecule has 3 aromatic rings. The summed E-state index contributed by atoms with van der Waals surface area (Å²) in [6.45, 7) is 7.11. The van der Waals surface area contributed by atoms with Crippen molar-refractivity contribution >= 4 is 11.0 Å². The number of quaternary nitrogens is 1. The maximum atomic E-state index is 12.8. The van der Waals surface area contributed by atoms with Crippen LogP contribution in [0.15, 0.2) is 51.9 Å². The van der Waals surface area contributed by atoms with Crippen LogP contribution in [0.4, 0.5) is 0 Å². The molecule has 2 N–H and O–H groups in total. The predicted octanol–water partition coefficient (Wildman–Crippen LogP) is 3.01. The molecule has 0 saturated carbocycles. The zero-order chi connectivity index (χ0) is 21.8. The minimum atomic E-state index is -0.524. The number of aryl methyl sites for hydroxylation is 2. The molecule has 31 heavy (non-hydrogen) atoms. The summed E-state index contributed by atoms with van der Waals surface area (Å²) in [6.07, 6.45) is 4.55. The van der Waals surface area contributed by atoms with Gasteiger partial charge in [0, 0.05) is 6.07 Å². The Morgan fingerprint density at radius 1 is 1.03 bits per heavy atom. The zero-order valence-electron chi connectivity index (χ0n) is 18.1. The average molecular weight is 425 g/mol. The van der Waals surface area contributed by atoms with Crippen LogP contribution in [0, 0.1) is 13.8 Å². The number of nitrogens with one attached hydrogen (secondary N) is 1. The van der Waals surface area contributed by atoms with Gasteiger partial charge in [-0.1, -0.05) is 6.07 Å². The first kappa shape index (κ1) is 21.4. The van der Waals surface area contributed by atoms with Gasteiger partial charge >= 0.3 is 0 Å². The number of aliphatic hydroxyl groups excluding tert-OH is 1. The van der Waals surface area contributed by atoms with E-state index in [0.29, 0.717) is 29.0 Å². The summed E-state index contributed by atoms with van der Waals surface area (Å²) in [5, 5.41) is 10.7. The molecule has 1 aliphatic heterocycles. The molecule has 1 unspecified atom stereocenters. The molecule has 0 radical (unpaired) electrons. The van der Waals surface area contributed by atoms with Gasteiger partial charge in [0.1, 0.15) is 42.6 Å². The van der Waals surface area contributed by atoms with Crippen molar-refractivity contribution in [1.29, 1.82) is 0 Å². The van der Waals surface area contributed by atoms with Crippen molar-refractivity contribution in [1.82, 2.24) is 0 Å². The van der Waals surface area contributed by atoms with Crippen LogP contribution >= 0.6 is 0 Å². The van der Waals surface area contributed by atoms with Crippen LogP contribution in [0.5, 0.6) is 17.2 Å². The zero-order valence-corrected chi connectivity index (χ0v) is 18.1. The van der Waals surface area contributed by atoms with E-state index in [0.717, 1.165) is 24.2 Å². The third-order valence-corrected chi connectivity index (χ3v) is 5.66. The Hall–Kier alpha value is -2.83. The second-order valence-electron chi connectivity index (χ2n) is 8.49. The normalized spacial score (nSPS) is 15.7.